The van der Waals surface area contributed by atoms with Gasteiger partial charge in [-0.05, 0) is 60.5 Å². The van der Waals surface area contributed by atoms with E-state index >= 15 is 0 Å². The number of aryl methyl sites for hydroxylation is 1. The number of aromatic nitrogens is 2. The third-order valence-corrected chi connectivity index (χ3v) is 4.46. The van der Waals surface area contributed by atoms with Crippen LogP contribution >= 0.6 is 0 Å². The van der Waals surface area contributed by atoms with E-state index in [9.17, 15) is 9.18 Å². The summed E-state index contributed by atoms with van der Waals surface area (Å²) in [4.78, 5) is 16.9. The highest BCUT2D eigenvalue weighted by Crippen LogP contribution is 2.20. The molecule has 1 heterocycles. The summed E-state index contributed by atoms with van der Waals surface area (Å²) >= 11 is 0. The van der Waals surface area contributed by atoms with Crippen molar-refractivity contribution in [3.8, 4) is 5.69 Å². The molecule has 1 aromatic heterocycles. The van der Waals surface area contributed by atoms with E-state index in [0.29, 0.717) is 12.1 Å². The fourth-order valence-corrected chi connectivity index (χ4v) is 3.02. The Balaban J connectivity index is 1.55. The molecule has 0 aliphatic rings. The molecule has 0 saturated carbocycles. The molecule has 0 bridgehead atoms. The molecular formula is C22H18FN3O. The minimum absolute atomic E-state index is 0.189. The molecule has 3 aromatic carbocycles. The maximum atomic E-state index is 12.9. The molecular weight excluding hydrogens is 341 g/mol. The first-order chi connectivity index (χ1) is 13.1. The zero-order valence-corrected chi connectivity index (χ0v) is 14.8. The Bertz CT molecular complexity index is 1120. The zero-order chi connectivity index (χ0) is 18.8. The number of carbonyl (C=O) groups excluding carboxylic acids is 1. The van der Waals surface area contributed by atoms with Gasteiger partial charge in [-0.2, -0.15) is 0 Å². The van der Waals surface area contributed by atoms with Crippen LogP contribution in [0.25, 0.3) is 16.7 Å². The molecule has 0 spiro atoms. The number of imidazole rings is 1. The van der Waals surface area contributed by atoms with Crippen molar-refractivity contribution in [1.29, 1.82) is 0 Å². The largest absolute Gasteiger partial charge is 0.348 e. The van der Waals surface area contributed by atoms with Gasteiger partial charge in [-0.1, -0.05) is 24.3 Å². The highest BCUT2D eigenvalue weighted by Gasteiger charge is 2.10. The molecule has 0 aliphatic heterocycles. The quantitative estimate of drug-likeness (QED) is 0.587. The maximum absolute atomic E-state index is 12.9. The van der Waals surface area contributed by atoms with Gasteiger partial charge in [0.15, 0.2) is 0 Å². The predicted molar refractivity (Wildman–Crippen MR) is 103 cm³/mol. The lowest BCUT2D eigenvalue weighted by molar-refractivity contribution is 0.0951. The third kappa shape index (κ3) is 3.58. The smallest absolute Gasteiger partial charge is 0.251 e. The Morgan fingerprint density at radius 2 is 1.89 bits per heavy atom. The monoisotopic (exact) mass is 359 g/mol. The standard InChI is InChI=1S/C22H18FN3O/c1-15-3-2-4-19(11-15)26-14-25-20-12-17(7-10-21(20)26)22(27)24-13-16-5-8-18(23)9-6-16/h2-12,14H,13H2,1H3,(H,24,27). The van der Waals surface area contributed by atoms with Crippen LogP contribution in [0.2, 0.25) is 0 Å². The van der Waals surface area contributed by atoms with E-state index < -0.39 is 0 Å². The van der Waals surface area contributed by atoms with Gasteiger partial charge in [0.2, 0.25) is 0 Å². The molecule has 0 unspecified atom stereocenters. The summed E-state index contributed by atoms with van der Waals surface area (Å²) < 4.78 is 15.0. The van der Waals surface area contributed by atoms with Crippen molar-refractivity contribution in [3.05, 3.63) is 95.6 Å². The summed E-state index contributed by atoms with van der Waals surface area (Å²) in [6, 6.07) is 19.7. The van der Waals surface area contributed by atoms with E-state index in [-0.39, 0.29) is 11.7 Å². The summed E-state index contributed by atoms with van der Waals surface area (Å²) in [5.74, 6) is -0.481. The summed E-state index contributed by atoms with van der Waals surface area (Å²) in [6.07, 6.45) is 1.76. The number of nitrogens with one attached hydrogen (secondary N) is 1. The normalized spacial score (nSPS) is 10.9. The fourth-order valence-electron chi connectivity index (χ4n) is 3.02. The van der Waals surface area contributed by atoms with E-state index in [1.54, 1.807) is 30.6 Å². The minimum atomic E-state index is -0.292. The lowest BCUT2D eigenvalue weighted by Crippen LogP contribution is -2.22. The minimum Gasteiger partial charge on any atom is -0.348 e. The molecule has 27 heavy (non-hydrogen) atoms. The van der Waals surface area contributed by atoms with Crippen LogP contribution in [-0.2, 0) is 6.54 Å². The van der Waals surface area contributed by atoms with Gasteiger partial charge in [0, 0.05) is 17.8 Å². The topological polar surface area (TPSA) is 46.9 Å². The van der Waals surface area contributed by atoms with Crippen molar-refractivity contribution in [2.24, 2.45) is 0 Å². The second-order valence-electron chi connectivity index (χ2n) is 6.47. The van der Waals surface area contributed by atoms with Gasteiger partial charge in [-0.25, -0.2) is 9.37 Å². The van der Waals surface area contributed by atoms with Crippen LogP contribution < -0.4 is 5.32 Å². The van der Waals surface area contributed by atoms with Gasteiger partial charge >= 0.3 is 0 Å². The second-order valence-corrected chi connectivity index (χ2v) is 6.47. The molecule has 0 radical (unpaired) electrons. The van der Waals surface area contributed by atoms with Crippen LogP contribution in [0.3, 0.4) is 0 Å². The first kappa shape index (κ1) is 17.0. The first-order valence-electron chi connectivity index (χ1n) is 8.67. The number of hydrogen-bond donors (Lipinski definition) is 1. The van der Waals surface area contributed by atoms with Crippen LogP contribution in [0.15, 0.2) is 73.1 Å². The van der Waals surface area contributed by atoms with Gasteiger partial charge in [-0.3, -0.25) is 9.36 Å². The van der Waals surface area contributed by atoms with Gasteiger partial charge < -0.3 is 5.32 Å². The van der Waals surface area contributed by atoms with E-state index in [1.165, 1.54) is 17.7 Å². The highest BCUT2D eigenvalue weighted by molar-refractivity contribution is 5.97. The number of halogens is 1. The molecule has 0 saturated heterocycles. The SMILES string of the molecule is Cc1cccc(-n2cnc3cc(C(=O)NCc4ccc(F)cc4)ccc32)c1. The fraction of sp³-hybridized carbons (Fsp3) is 0.0909. The molecule has 4 aromatic rings. The number of nitrogens with zero attached hydrogens (tertiary/aromatic N) is 2. The average molecular weight is 359 g/mol. The van der Waals surface area contributed by atoms with Crippen LogP contribution in [0, 0.1) is 12.7 Å². The van der Waals surface area contributed by atoms with Crippen LogP contribution in [-0.4, -0.2) is 15.5 Å². The molecule has 0 atom stereocenters. The lowest BCUT2D eigenvalue weighted by atomic mass is 10.1. The van der Waals surface area contributed by atoms with E-state index in [2.05, 4.69) is 16.4 Å². The summed E-state index contributed by atoms with van der Waals surface area (Å²) in [7, 11) is 0. The summed E-state index contributed by atoms with van der Waals surface area (Å²) in [5.41, 5.74) is 5.28. The van der Waals surface area contributed by atoms with Crippen molar-refractivity contribution in [3.63, 3.8) is 0 Å². The number of fused-ring (bicyclic) bond motifs is 1. The zero-order valence-electron chi connectivity index (χ0n) is 14.8. The van der Waals surface area contributed by atoms with Crippen LogP contribution in [0.5, 0.6) is 0 Å². The molecule has 134 valence electrons. The number of benzene rings is 3. The van der Waals surface area contributed by atoms with Gasteiger partial charge in [-0.15, -0.1) is 0 Å². The Labute approximate surface area is 156 Å². The molecule has 1 N–H and O–H groups in total. The van der Waals surface area contributed by atoms with E-state index in [0.717, 1.165) is 22.3 Å². The third-order valence-electron chi connectivity index (χ3n) is 4.46. The second kappa shape index (κ2) is 7.03. The Morgan fingerprint density at radius 3 is 2.67 bits per heavy atom. The molecule has 1 amide bonds. The summed E-state index contributed by atoms with van der Waals surface area (Å²) in [6.45, 7) is 2.39. The van der Waals surface area contributed by atoms with Crippen LogP contribution in [0.1, 0.15) is 21.5 Å². The lowest BCUT2D eigenvalue weighted by Gasteiger charge is -2.07. The van der Waals surface area contributed by atoms with Crippen molar-refractivity contribution >= 4 is 16.9 Å². The molecule has 4 rings (SSSR count). The number of carbonyl (C=O) groups is 1. The maximum Gasteiger partial charge on any atom is 0.251 e. The Hall–Kier alpha value is -3.47. The average Bonchev–Trinajstić information content (AvgIpc) is 3.10. The molecule has 5 heteroatoms. The molecule has 0 fully saturated rings. The van der Waals surface area contributed by atoms with Gasteiger partial charge in [0.25, 0.3) is 5.91 Å². The van der Waals surface area contributed by atoms with Crippen molar-refractivity contribution in [2.45, 2.75) is 13.5 Å². The summed E-state index contributed by atoms with van der Waals surface area (Å²) in [5, 5.41) is 2.85. The van der Waals surface area contributed by atoms with E-state index in [4.69, 9.17) is 0 Å². The van der Waals surface area contributed by atoms with Crippen LogP contribution in [0.4, 0.5) is 4.39 Å². The van der Waals surface area contributed by atoms with E-state index in [1.807, 2.05) is 35.8 Å². The van der Waals surface area contributed by atoms with Crippen molar-refractivity contribution in [1.82, 2.24) is 14.9 Å². The Kier molecular flexibility index (Phi) is 4.42. The Morgan fingerprint density at radius 1 is 1.07 bits per heavy atom. The van der Waals surface area contributed by atoms with Gasteiger partial charge in [0.1, 0.15) is 12.1 Å². The van der Waals surface area contributed by atoms with Crippen molar-refractivity contribution < 1.29 is 9.18 Å². The molecule has 4 nitrogen and oxygen atoms in total. The highest BCUT2D eigenvalue weighted by atomic mass is 19.1. The number of amides is 1. The molecule has 0 aliphatic carbocycles. The number of rotatable bonds is 4. The van der Waals surface area contributed by atoms with Crippen molar-refractivity contribution in [2.75, 3.05) is 0 Å². The number of hydrogen-bond acceptors (Lipinski definition) is 2. The predicted octanol–water partition coefficient (Wildman–Crippen LogP) is 4.40. The first-order valence-corrected chi connectivity index (χ1v) is 8.67. The van der Waals surface area contributed by atoms with Gasteiger partial charge in [0.05, 0.1) is 11.0 Å².